The van der Waals surface area contributed by atoms with E-state index in [1.54, 1.807) is 41.9 Å². The maximum absolute atomic E-state index is 13.3. The molecule has 3 amide bonds. The summed E-state index contributed by atoms with van der Waals surface area (Å²) in [6, 6.07) is 15.1. The Labute approximate surface area is 240 Å². The molecule has 0 atom stereocenters. The zero-order valence-electron chi connectivity index (χ0n) is 23.8. The summed E-state index contributed by atoms with van der Waals surface area (Å²) in [5.41, 5.74) is 2.06. The third kappa shape index (κ3) is 8.32. The van der Waals surface area contributed by atoms with E-state index in [0.29, 0.717) is 34.3 Å². The van der Waals surface area contributed by atoms with Crippen LogP contribution in [0.15, 0.2) is 54.6 Å². The number of nitrogens with one attached hydrogen (secondary N) is 2. The second kappa shape index (κ2) is 14.0. The Morgan fingerprint density at radius 3 is 2.33 bits per heavy atom. The number of carbonyl (C=O) groups is 3. The molecule has 0 spiro atoms. The van der Waals surface area contributed by atoms with Gasteiger partial charge in [-0.05, 0) is 49.7 Å². The fraction of sp³-hybridized carbons (Fsp3) is 0.400. The van der Waals surface area contributed by atoms with E-state index in [9.17, 15) is 14.4 Å². The van der Waals surface area contributed by atoms with Gasteiger partial charge in [-0.3, -0.25) is 4.79 Å². The summed E-state index contributed by atoms with van der Waals surface area (Å²) < 4.78 is 6.62. The number of aromatic nitrogens is 2. The van der Waals surface area contributed by atoms with Crippen molar-refractivity contribution in [2.24, 2.45) is 0 Å². The van der Waals surface area contributed by atoms with Gasteiger partial charge in [-0.1, -0.05) is 64.3 Å². The van der Waals surface area contributed by atoms with Gasteiger partial charge in [0.05, 0.1) is 28.6 Å². The van der Waals surface area contributed by atoms with E-state index in [0.717, 1.165) is 25.0 Å². The molecular weight excluding hydrogens is 530 g/mol. The van der Waals surface area contributed by atoms with Crippen LogP contribution in [0, 0.1) is 0 Å². The Kier molecular flexibility index (Phi) is 10.7. The van der Waals surface area contributed by atoms with Crippen molar-refractivity contribution in [3.8, 4) is 5.69 Å². The number of hydrogen-bond acceptors (Lipinski definition) is 5. The average molecular weight is 568 g/mol. The third-order valence-corrected chi connectivity index (χ3v) is 6.45. The molecule has 10 heteroatoms. The van der Waals surface area contributed by atoms with E-state index in [1.807, 2.05) is 45.0 Å². The number of ether oxygens (including phenoxy) is 1. The van der Waals surface area contributed by atoms with E-state index in [2.05, 4.69) is 17.6 Å². The lowest BCUT2D eigenvalue weighted by Gasteiger charge is -2.23. The Bertz CT molecular complexity index is 1310. The lowest BCUT2D eigenvalue weighted by atomic mass is 9.92. The number of anilines is 2. The van der Waals surface area contributed by atoms with E-state index in [-0.39, 0.29) is 24.5 Å². The Hall–Kier alpha value is -3.85. The quantitative estimate of drug-likeness (QED) is 0.199. The number of rotatable bonds is 11. The number of benzene rings is 2. The average Bonchev–Trinajstić information content (AvgIpc) is 3.33. The Morgan fingerprint density at radius 2 is 1.70 bits per heavy atom. The van der Waals surface area contributed by atoms with E-state index in [1.165, 1.54) is 4.90 Å². The molecule has 0 saturated heterocycles. The van der Waals surface area contributed by atoms with Crippen molar-refractivity contribution in [2.45, 2.75) is 59.3 Å². The first kappa shape index (κ1) is 30.7. The van der Waals surface area contributed by atoms with Crippen molar-refractivity contribution in [3.05, 3.63) is 70.9 Å². The summed E-state index contributed by atoms with van der Waals surface area (Å²) in [5, 5.41) is 11.0. The molecule has 0 aliphatic rings. The molecule has 214 valence electrons. The zero-order chi connectivity index (χ0) is 29.3. The number of esters is 1. The molecule has 40 heavy (non-hydrogen) atoms. The molecule has 2 N–H and O–H groups in total. The Morgan fingerprint density at radius 1 is 1.00 bits per heavy atom. The first-order chi connectivity index (χ1) is 19.0. The predicted octanol–water partition coefficient (Wildman–Crippen LogP) is 6.66. The summed E-state index contributed by atoms with van der Waals surface area (Å²) >= 11 is 6.45. The summed E-state index contributed by atoms with van der Waals surface area (Å²) in [5.74, 6) is -0.326. The highest BCUT2D eigenvalue weighted by atomic mass is 35.5. The van der Waals surface area contributed by atoms with Gasteiger partial charge in [0, 0.05) is 23.7 Å². The SMILES string of the molecule is CCCCCN(CC(=O)Nc1cc(C(C)(C)C)nn1-c1ccccc1Cl)C(=O)Nc1ccc(C(=O)OCC)cc1. The van der Waals surface area contributed by atoms with Gasteiger partial charge in [0.1, 0.15) is 12.4 Å². The first-order valence-corrected chi connectivity index (χ1v) is 13.9. The molecule has 3 aromatic rings. The van der Waals surface area contributed by atoms with Crippen LogP contribution in [0.2, 0.25) is 5.02 Å². The lowest BCUT2D eigenvalue weighted by Crippen LogP contribution is -2.41. The van der Waals surface area contributed by atoms with Gasteiger partial charge < -0.3 is 20.3 Å². The lowest BCUT2D eigenvalue weighted by molar-refractivity contribution is -0.116. The van der Waals surface area contributed by atoms with Crippen LogP contribution in [0.3, 0.4) is 0 Å². The van der Waals surface area contributed by atoms with Crippen LogP contribution < -0.4 is 10.6 Å². The van der Waals surface area contributed by atoms with Crippen molar-refractivity contribution >= 4 is 41.0 Å². The maximum Gasteiger partial charge on any atom is 0.338 e. The number of unbranched alkanes of at least 4 members (excludes halogenated alkanes) is 2. The van der Waals surface area contributed by atoms with E-state index >= 15 is 0 Å². The monoisotopic (exact) mass is 567 g/mol. The minimum atomic E-state index is -0.427. The minimum Gasteiger partial charge on any atom is -0.462 e. The van der Waals surface area contributed by atoms with Crippen LogP contribution in [-0.2, 0) is 14.9 Å². The normalized spacial score (nSPS) is 11.2. The van der Waals surface area contributed by atoms with Gasteiger partial charge in [0.25, 0.3) is 0 Å². The fourth-order valence-electron chi connectivity index (χ4n) is 3.91. The molecule has 1 heterocycles. The number of hydrogen-bond donors (Lipinski definition) is 2. The summed E-state index contributed by atoms with van der Waals surface area (Å²) in [6.07, 6.45) is 2.65. The molecule has 0 radical (unpaired) electrons. The van der Waals surface area contributed by atoms with Crippen LogP contribution in [0.4, 0.5) is 16.3 Å². The molecule has 0 unspecified atom stereocenters. The highest BCUT2D eigenvalue weighted by molar-refractivity contribution is 6.32. The molecule has 1 aromatic heterocycles. The van der Waals surface area contributed by atoms with Crippen molar-refractivity contribution in [3.63, 3.8) is 0 Å². The summed E-state index contributed by atoms with van der Waals surface area (Å²) in [7, 11) is 0. The van der Waals surface area contributed by atoms with Crippen molar-refractivity contribution in [1.29, 1.82) is 0 Å². The second-order valence-electron chi connectivity index (χ2n) is 10.4. The summed E-state index contributed by atoms with van der Waals surface area (Å²) in [4.78, 5) is 39.9. The predicted molar refractivity (Wildman–Crippen MR) is 158 cm³/mol. The highest BCUT2D eigenvalue weighted by Gasteiger charge is 2.24. The van der Waals surface area contributed by atoms with Gasteiger partial charge in [0.15, 0.2) is 0 Å². The van der Waals surface area contributed by atoms with Crippen LogP contribution >= 0.6 is 11.6 Å². The first-order valence-electron chi connectivity index (χ1n) is 13.5. The molecule has 0 saturated carbocycles. The van der Waals surface area contributed by atoms with Crippen LogP contribution in [0.1, 0.15) is 69.9 Å². The Balaban J connectivity index is 1.78. The van der Waals surface area contributed by atoms with Crippen LogP contribution in [-0.4, -0.2) is 52.3 Å². The number of para-hydroxylation sites is 1. The summed E-state index contributed by atoms with van der Waals surface area (Å²) in [6.45, 7) is 10.5. The number of nitrogens with zero attached hydrogens (tertiary/aromatic N) is 3. The molecule has 0 aliphatic heterocycles. The molecule has 0 aliphatic carbocycles. The van der Waals surface area contributed by atoms with Gasteiger partial charge in [-0.15, -0.1) is 0 Å². The molecule has 2 aromatic carbocycles. The largest absolute Gasteiger partial charge is 0.462 e. The molecule has 9 nitrogen and oxygen atoms in total. The topological polar surface area (TPSA) is 106 Å². The zero-order valence-corrected chi connectivity index (χ0v) is 24.5. The highest BCUT2D eigenvalue weighted by Crippen LogP contribution is 2.29. The van der Waals surface area contributed by atoms with Gasteiger partial charge >= 0.3 is 12.0 Å². The van der Waals surface area contributed by atoms with Crippen molar-refractivity contribution in [2.75, 3.05) is 30.3 Å². The maximum atomic E-state index is 13.3. The standard InChI is InChI=1S/C30H38ClN5O4/c1-6-8-11-18-35(29(39)32-22-16-14-21(15-17-22)28(38)40-7-2)20-27(37)33-26-19-25(30(3,4)5)34-36(26)24-13-10-9-12-23(24)31/h9-10,12-17,19H,6-8,11,18,20H2,1-5H3,(H,32,39)(H,33,37). The second-order valence-corrected chi connectivity index (χ2v) is 10.8. The molecular formula is C30H38ClN5O4. The number of amides is 3. The fourth-order valence-corrected chi connectivity index (χ4v) is 4.13. The number of urea groups is 1. The molecule has 3 rings (SSSR count). The van der Waals surface area contributed by atoms with Gasteiger partial charge in [-0.25, -0.2) is 14.3 Å². The van der Waals surface area contributed by atoms with E-state index in [4.69, 9.17) is 21.4 Å². The minimum absolute atomic E-state index is 0.158. The van der Waals surface area contributed by atoms with Crippen molar-refractivity contribution < 1.29 is 19.1 Å². The molecule has 0 bridgehead atoms. The van der Waals surface area contributed by atoms with Crippen LogP contribution in [0.25, 0.3) is 5.69 Å². The van der Waals surface area contributed by atoms with Crippen LogP contribution in [0.5, 0.6) is 0 Å². The van der Waals surface area contributed by atoms with Gasteiger partial charge in [-0.2, -0.15) is 5.10 Å². The smallest absolute Gasteiger partial charge is 0.338 e. The third-order valence-electron chi connectivity index (χ3n) is 6.13. The van der Waals surface area contributed by atoms with E-state index < -0.39 is 12.0 Å². The van der Waals surface area contributed by atoms with Gasteiger partial charge in [0.2, 0.25) is 5.91 Å². The number of carbonyl (C=O) groups excluding carboxylic acids is 3. The number of halogens is 1. The van der Waals surface area contributed by atoms with Crippen molar-refractivity contribution in [1.82, 2.24) is 14.7 Å². The molecule has 0 fully saturated rings.